The molecular formula is C22H30N3O9PS. The molecule has 14 heteroatoms. The number of nitrogens with zero attached hydrogens (tertiary/aromatic N) is 1. The Labute approximate surface area is 211 Å². The van der Waals surface area contributed by atoms with E-state index in [1.54, 1.807) is 44.2 Å². The van der Waals surface area contributed by atoms with Crippen LogP contribution in [0.5, 0.6) is 5.75 Å². The maximum Gasteiger partial charge on any atom is 0.459 e. The van der Waals surface area contributed by atoms with E-state index in [0.29, 0.717) is 0 Å². The molecule has 1 fully saturated rings. The molecule has 0 bridgehead atoms. The van der Waals surface area contributed by atoms with Crippen molar-refractivity contribution in [3.8, 4) is 5.75 Å². The van der Waals surface area contributed by atoms with Gasteiger partial charge in [0.05, 0.1) is 24.1 Å². The Morgan fingerprint density at radius 2 is 1.92 bits per heavy atom. The molecule has 2 heterocycles. The second kappa shape index (κ2) is 11.3. The van der Waals surface area contributed by atoms with Gasteiger partial charge < -0.3 is 19.5 Å². The van der Waals surface area contributed by atoms with Crippen LogP contribution in [-0.4, -0.2) is 61.4 Å². The fourth-order valence-corrected chi connectivity index (χ4v) is 6.73. The van der Waals surface area contributed by atoms with Crippen molar-refractivity contribution >= 4 is 25.5 Å². The molecule has 2 aromatic rings. The summed E-state index contributed by atoms with van der Waals surface area (Å²) in [6, 6.07) is 8.24. The predicted octanol–water partition coefficient (Wildman–Crippen LogP) is 1.40. The van der Waals surface area contributed by atoms with Crippen molar-refractivity contribution in [3.05, 3.63) is 63.4 Å². The summed E-state index contributed by atoms with van der Waals surface area (Å²) in [5.74, 6) is -0.455. The zero-order chi connectivity index (χ0) is 26.7. The van der Waals surface area contributed by atoms with Crippen LogP contribution in [0.1, 0.15) is 33.1 Å². The number of para-hydroxylation sites is 1. The largest absolute Gasteiger partial charge is 0.462 e. The number of rotatable bonds is 10. The van der Waals surface area contributed by atoms with E-state index in [4.69, 9.17) is 13.8 Å². The summed E-state index contributed by atoms with van der Waals surface area (Å²) >= 11 is 0.999. The lowest BCUT2D eigenvalue weighted by molar-refractivity contribution is -0.149. The quantitative estimate of drug-likeness (QED) is 0.252. The van der Waals surface area contributed by atoms with Crippen LogP contribution >= 0.6 is 19.5 Å². The van der Waals surface area contributed by atoms with Gasteiger partial charge in [-0.05, 0) is 39.8 Å². The Morgan fingerprint density at radius 1 is 1.25 bits per heavy atom. The van der Waals surface area contributed by atoms with Crippen LogP contribution in [0, 0.1) is 0 Å². The van der Waals surface area contributed by atoms with E-state index < -0.39 is 59.4 Å². The van der Waals surface area contributed by atoms with Crippen LogP contribution in [-0.2, 0) is 18.6 Å². The number of H-pyrrole nitrogens is 1. The van der Waals surface area contributed by atoms with Crippen LogP contribution in [0.15, 0.2) is 52.2 Å². The number of hydrogen-bond acceptors (Lipinski definition) is 10. The van der Waals surface area contributed by atoms with Crippen LogP contribution in [0.3, 0.4) is 0 Å². The van der Waals surface area contributed by atoms with Crippen molar-refractivity contribution in [2.45, 2.75) is 62.2 Å². The molecule has 1 aromatic heterocycles. The van der Waals surface area contributed by atoms with Gasteiger partial charge in [0, 0.05) is 12.3 Å². The highest BCUT2D eigenvalue weighted by atomic mass is 32.2. The molecule has 198 valence electrons. The number of aliphatic hydroxyl groups excluding tert-OH is 1. The number of carbonyl (C=O) groups excluding carboxylic acids is 1. The van der Waals surface area contributed by atoms with E-state index in [-0.39, 0.29) is 12.4 Å². The number of aromatic nitrogens is 2. The van der Waals surface area contributed by atoms with Gasteiger partial charge in [-0.3, -0.25) is 23.7 Å². The maximum atomic E-state index is 13.6. The van der Waals surface area contributed by atoms with Crippen LogP contribution < -0.4 is 20.9 Å². The monoisotopic (exact) mass is 543 g/mol. The van der Waals surface area contributed by atoms with Gasteiger partial charge in [-0.15, -0.1) is 11.8 Å². The van der Waals surface area contributed by atoms with Crippen LogP contribution in [0.4, 0.5) is 0 Å². The number of thioether (sulfide) groups is 1. The van der Waals surface area contributed by atoms with Gasteiger partial charge >= 0.3 is 19.4 Å². The van der Waals surface area contributed by atoms with Gasteiger partial charge in [-0.25, -0.2) is 9.36 Å². The fourth-order valence-electron chi connectivity index (χ4n) is 3.50. The number of carbonyl (C=O) groups is 1. The van der Waals surface area contributed by atoms with Crippen molar-refractivity contribution in [1.82, 2.24) is 14.6 Å². The summed E-state index contributed by atoms with van der Waals surface area (Å²) in [4.78, 5) is 38.1. The number of ether oxygens (including phenoxy) is 1. The first-order chi connectivity index (χ1) is 16.8. The second-order valence-corrected chi connectivity index (χ2v) is 11.8. The number of benzene rings is 1. The van der Waals surface area contributed by atoms with Crippen molar-refractivity contribution < 1.29 is 33.4 Å². The molecule has 1 saturated heterocycles. The van der Waals surface area contributed by atoms with E-state index in [2.05, 4.69) is 10.1 Å². The standard InChI is InChI=1S/C22H30N3O9PS/c1-13(2)33-19(28)14(3)24-35(31,34-15-8-6-5-7-9-15)32-12-16-18(27)22(4,30)20(36-16)25-11-10-17(26)23-21(25)29/h5-11,13-14,16,18,20,27,30H,12H2,1-4H3,(H,24,31)(H,23,26,29)/t14-,16-,18-,20-,22-,35+/m1/s1. The highest BCUT2D eigenvalue weighted by Crippen LogP contribution is 2.51. The first kappa shape index (κ1) is 28.2. The summed E-state index contributed by atoms with van der Waals surface area (Å²) in [6.07, 6.45) is -0.576. The molecule has 0 aliphatic carbocycles. The summed E-state index contributed by atoms with van der Waals surface area (Å²) < 4.78 is 31.1. The minimum absolute atomic E-state index is 0.210. The van der Waals surface area contributed by atoms with Gasteiger partial charge in [0.15, 0.2) is 0 Å². The molecule has 1 aromatic carbocycles. The highest BCUT2D eigenvalue weighted by molar-refractivity contribution is 8.00. The molecule has 1 aliphatic heterocycles. The lowest BCUT2D eigenvalue weighted by Crippen LogP contribution is -2.46. The Bertz CT molecular complexity index is 1220. The van der Waals surface area contributed by atoms with Gasteiger partial charge in [-0.1, -0.05) is 18.2 Å². The molecule has 3 rings (SSSR count). The highest BCUT2D eigenvalue weighted by Gasteiger charge is 2.53. The Hall–Kier alpha value is -2.41. The van der Waals surface area contributed by atoms with Crippen LogP contribution in [0.25, 0.3) is 0 Å². The molecular weight excluding hydrogens is 513 g/mol. The van der Waals surface area contributed by atoms with Crippen molar-refractivity contribution in [2.75, 3.05) is 6.61 Å². The summed E-state index contributed by atoms with van der Waals surface area (Å²) in [7, 11) is -4.20. The molecule has 1 aliphatic rings. The molecule has 0 unspecified atom stereocenters. The number of aromatic amines is 1. The lowest BCUT2D eigenvalue weighted by atomic mass is 9.96. The van der Waals surface area contributed by atoms with E-state index in [0.717, 1.165) is 22.4 Å². The van der Waals surface area contributed by atoms with Crippen LogP contribution in [0.2, 0.25) is 0 Å². The molecule has 0 amide bonds. The van der Waals surface area contributed by atoms with Gasteiger partial charge in [0.1, 0.15) is 22.8 Å². The molecule has 0 saturated carbocycles. The molecule has 36 heavy (non-hydrogen) atoms. The first-order valence-electron chi connectivity index (χ1n) is 11.2. The normalized spacial score (nSPS) is 26.4. The van der Waals surface area contributed by atoms with Gasteiger partial charge in [0.2, 0.25) is 0 Å². The zero-order valence-corrected chi connectivity index (χ0v) is 21.9. The molecule has 6 atom stereocenters. The number of nitrogens with one attached hydrogen (secondary N) is 2. The van der Waals surface area contributed by atoms with E-state index in [1.165, 1.54) is 20.0 Å². The first-order valence-corrected chi connectivity index (χ1v) is 13.7. The minimum Gasteiger partial charge on any atom is -0.462 e. The van der Waals surface area contributed by atoms with E-state index >= 15 is 0 Å². The Balaban J connectivity index is 1.80. The summed E-state index contributed by atoms with van der Waals surface area (Å²) in [5, 5.41) is 22.5. The minimum atomic E-state index is -4.20. The zero-order valence-electron chi connectivity index (χ0n) is 20.2. The molecule has 0 spiro atoms. The smallest absolute Gasteiger partial charge is 0.459 e. The Kier molecular flexibility index (Phi) is 8.86. The van der Waals surface area contributed by atoms with E-state index in [1.807, 2.05) is 0 Å². The number of esters is 1. The summed E-state index contributed by atoms with van der Waals surface area (Å²) in [5.41, 5.74) is -3.16. The van der Waals surface area contributed by atoms with E-state index in [9.17, 15) is 29.2 Å². The Morgan fingerprint density at radius 3 is 2.53 bits per heavy atom. The topological polar surface area (TPSA) is 169 Å². The van der Waals surface area contributed by atoms with Crippen molar-refractivity contribution in [2.24, 2.45) is 0 Å². The number of aliphatic hydroxyl groups is 2. The second-order valence-electron chi connectivity index (χ2n) is 8.75. The molecule has 0 radical (unpaired) electrons. The van der Waals surface area contributed by atoms with Crippen molar-refractivity contribution in [3.63, 3.8) is 0 Å². The lowest BCUT2D eigenvalue weighted by Gasteiger charge is -2.29. The van der Waals surface area contributed by atoms with Crippen molar-refractivity contribution in [1.29, 1.82) is 0 Å². The third-order valence-corrected chi connectivity index (χ3v) is 8.64. The number of hydrogen-bond donors (Lipinski definition) is 4. The maximum absolute atomic E-state index is 13.6. The molecule has 12 nitrogen and oxygen atoms in total. The van der Waals surface area contributed by atoms with Gasteiger partial charge in [-0.2, -0.15) is 5.09 Å². The third-order valence-electron chi connectivity index (χ3n) is 5.29. The van der Waals surface area contributed by atoms with Gasteiger partial charge in [0.25, 0.3) is 5.56 Å². The predicted molar refractivity (Wildman–Crippen MR) is 133 cm³/mol. The fraction of sp³-hybridized carbons (Fsp3) is 0.500. The molecule has 4 N–H and O–H groups in total. The average molecular weight is 544 g/mol. The SMILES string of the molecule is CC(C)OC(=O)[C@@H](C)N[P@](=O)(OC[C@H]1S[C@@H](n2ccc(=O)[nH]c2=O)[C@](C)(O)[C@@H]1O)Oc1ccccc1. The third kappa shape index (κ3) is 6.67. The average Bonchev–Trinajstić information content (AvgIpc) is 3.01. The summed E-state index contributed by atoms with van der Waals surface area (Å²) in [6.45, 7) is 5.76.